The number of ketones is 1. The third-order valence-electron chi connectivity index (χ3n) is 4.51. The molecule has 0 saturated carbocycles. The monoisotopic (exact) mass is 300 g/mol. The molecule has 0 aliphatic carbocycles. The van der Waals surface area contributed by atoms with Crippen LogP contribution in [0.4, 0.5) is 0 Å². The highest BCUT2D eigenvalue weighted by Gasteiger charge is 2.31. The van der Waals surface area contributed by atoms with Gasteiger partial charge in [0.25, 0.3) is 0 Å². The molecule has 1 saturated heterocycles. The molecule has 3 unspecified atom stereocenters. The summed E-state index contributed by atoms with van der Waals surface area (Å²) in [6, 6.07) is 7.87. The van der Waals surface area contributed by atoms with Gasteiger partial charge in [0.2, 0.25) is 0 Å². The number of Topliss-reactive ketones (excluding diaryl/α,β-unsaturated/α-hetero) is 1. The number of rotatable bonds is 3. The Balaban J connectivity index is 1.90. The lowest BCUT2D eigenvalue weighted by Gasteiger charge is -2.38. The highest BCUT2D eigenvalue weighted by atomic mass is 16.5. The second-order valence-electron chi connectivity index (χ2n) is 6.42. The van der Waals surface area contributed by atoms with Gasteiger partial charge in [0.05, 0.1) is 18.2 Å². The molecule has 0 spiro atoms. The van der Waals surface area contributed by atoms with Crippen LogP contribution in [-0.2, 0) is 4.74 Å². The Morgan fingerprint density at radius 2 is 1.91 bits per heavy atom. The summed E-state index contributed by atoms with van der Waals surface area (Å²) >= 11 is 0. The van der Waals surface area contributed by atoms with Crippen LogP contribution < -0.4 is 0 Å². The summed E-state index contributed by atoms with van der Waals surface area (Å²) in [7, 11) is 0. The van der Waals surface area contributed by atoms with Gasteiger partial charge in [-0.2, -0.15) is 0 Å². The Hall–Kier alpha value is -1.65. The Morgan fingerprint density at radius 1 is 1.27 bits per heavy atom. The van der Waals surface area contributed by atoms with Gasteiger partial charge in [-0.15, -0.1) is 0 Å². The fourth-order valence-electron chi connectivity index (χ4n) is 3.50. The summed E-state index contributed by atoms with van der Waals surface area (Å²) in [4.78, 5) is 18.6. The van der Waals surface area contributed by atoms with Gasteiger partial charge < -0.3 is 9.72 Å². The average molecular weight is 300 g/mol. The van der Waals surface area contributed by atoms with Gasteiger partial charge >= 0.3 is 0 Å². The summed E-state index contributed by atoms with van der Waals surface area (Å²) in [6.45, 7) is 9.73. The van der Waals surface area contributed by atoms with E-state index in [1.807, 2.05) is 38.1 Å². The van der Waals surface area contributed by atoms with Crippen LogP contribution in [0.25, 0.3) is 10.9 Å². The molecule has 1 aromatic heterocycles. The van der Waals surface area contributed by atoms with Crippen LogP contribution in [0.15, 0.2) is 24.3 Å². The molecule has 4 heteroatoms. The molecule has 0 bridgehead atoms. The van der Waals surface area contributed by atoms with Gasteiger partial charge in [-0.3, -0.25) is 9.69 Å². The first-order valence-electron chi connectivity index (χ1n) is 7.98. The normalized spacial score (nSPS) is 24.5. The van der Waals surface area contributed by atoms with E-state index in [2.05, 4.69) is 23.7 Å². The predicted octanol–water partition coefficient (Wildman–Crippen LogP) is 3.16. The molecule has 1 aliphatic rings. The standard InChI is InChI=1S/C18H24N2O2/c1-11-9-20(10-12(2)22-11)14(4)18(21)17-13(3)19-16-8-6-5-7-15(16)17/h5-8,11-12,14,19H,9-10H2,1-4H3. The number of H-pyrrole nitrogens is 1. The number of nitrogens with zero attached hydrogens (tertiary/aromatic N) is 1. The molecule has 1 N–H and O–H groups in total. The number of morpholine rings is 1. The fourth-order valence-corrected chi connectivity index (χ4v) is 3.50. The van der Waals surface area contributed by atoms with Crippen LogP contribution in [-0.4, -0.2) is 47.0 Å². The van der Waals surface area contributed by atoms with Crippen LogP contribution in [0.5, 0.6) is 0 Å². The van der Waals surface area contributed by atoms with Crippen molar-refractivity contribution in [1.29, 1.82) is 0 Å². The van der Waals surface area contributed by atoms with E-state index in [0.717, 1.165) is 35.2 Å². The highest BCUT2D eigenvalue weighted by molar-refractivity contribution is 6.11. The minimum atomic E-state index is -0.133. The number of ether oxygens (including phenoxy) is 1. The molecule has 2 aromatic rings. The molecule has 3 rings (SSSR count). The lowest BCUT2D eigenvalue weighted by Crippen LogP contribution is -2.51. The Morgan fingerprint density at radius 3 is 2.59 bits per heavy atom. The quantitative estimate of drug-likeness (QED) is 0.886. The van der Waals surface area contributed by atoms with Gasteiger partial charge in [0.1, 0.15) is 0 Å². The number of nitrogens with one attached hydrogen (secondary N) is 1. The number of aromatic amines is 1. The van der Waals surface area contributed by atoms with E-state index < -0.39 is 0 Å². The Labute approximate surface area is 131 Å². The molecule has 22 heavy (non-hydrogen) atoms. The Kier molecular flexibility index (Phi) is 4.06. The Bertz CT molecular complexity index is 681. The van der Waals surface area contributed by atoms with Crippen molar-refractivity contribution in [3.63, 3.8) is 0 Å². The van der Waals surface area contributed by atoms with E-state index in [-0.39, 0.29) is 24.0 Å². The lowest BCUT2D eigenvalue weighted by molar-refractivity contribution is -0.0744. The van der Waals surface area contributed by atoms with Crippen LogP contribution in [0, 0.1) is 6.92 Å². The topological polar surface area (TPSA) is 45.3 Å². The van der Waals surface area contributed by atoms with Gasteiger partial charge in [0, 0.05) is 35.2 Å². The number of hydrogen-bond acceptors (Lipinski definition) is 3. The van der Waals surface area contributed by atoms with E-state index in [0.29, 0.717) is 0 Å². The number of carbonyl (C=O) groups is 1. The highest BCUT2D eigenvalue weighted by Crippen LogP contribution is 2.25. The second kappa shape index (κ2) is 5.86. The summed E-state index contributed by atoms with van der Waals surface area (Å²) in [6.07, 6.45) is 0.339. The first-order chi connectivity index (χ1) is 10.5. The number of aryl methyl sites for hydroxylation is 1. The molecule has 0 radical (unpaired) electrons. The zero-order valence-electron chi connectivity index (χ0n) is 13.7. The number of benzene rings is 1. The second-order valence-corrected chi connectivity index (χ2v) is 6.42. The average Bonchev–Trinajstić information content (AvgIpc) is 2.80. The number of fused-ring (bicyclic) bond motifs is 1. The van der Waals surface area contributed by atoms with Crippen molar-refractivity contribution in [2.45, 2.75) is 45.9 Å². The molecule has 1 aliphatic heterocycles. The van der Waals surface area contributed by atoms with Crippen molar-refractivity contribution in [1.82, 2.24) is 9.88 Å². The molecular weight excluding hydrogens is 276 g/mol. The molecule has 3 atom stereocenters. The van der Waals surface area contributed by atoms with Crippen LogP contribution in [0.2, 0.25) is 0 Å². The fraction of sp³-hybridized carbons (Fsp3) is 0.500. The lowest BCUT2D eigenvalue weighted by atomic mass is 10.00. The number of aromatic nitrogens is 1. The molecular formula is C18H24N2O2. The van der Waals surface area contributed by atoms with Crippen LogP contribution >= 0.6 is 0 Å². The van der Waals surface area contributed by atoms with E-state index in [9.17, 15) is 4.79 Å². The summed E-state index contributed by atoms with van der Waals surface area (Å²) < 4.78 is 5.77. The SMILES string of the molecule is Cc1[nH]c2ccccc2c1C(=O)C(C)N1CC(C)OC(C)C1. The van der Waals surface area contributed by atoms with Gasteiger partial charge in [-0.05, 0) is 33.8 Å². The minimum Gasteiger partial charge on any atom is -0.373 e. The molecule has 118 valence electrons. The van der Waals surface area contributed by atoms with Crippen molar-refractivity contribution in [3.05, 3.63) is 35.5 Å². The largest absolute Gasteiger partial charge is 0.373 e. The van der Waals surface area contributed by atoms with E-state index >= 15 is 0 Å². The molecule has 1 aromatic carbocycles. The maximum Gasteiger partial charge on any atom is 0.182 e. The van der Waals surface area contributed by atoms with Crippen molar-refractivity contribution in [2.24, 2.45) is 0 Å². The first-order valence-corrected chi connectivity index (χ1v) is 7.98. The number of hydrogen-bond donors (Lipinski definition) is 1. The third kappa shape index (κ3) is 2.69. The molecule has 1 fully saturated rings. The zero-order chi connectivity index (χ0) is 15.9. The number of para-hydroxylation sites is 1. The maximum absolute atomic E-state index is 13.1. The molecule has 0 amide bonds. The predicted molar refractivity (Wildman–Crippen MR) is 88.4 cm³/mol. The van der Waals surface area contributed by atoms with E-state index in [1.54, 1.807) is 0 Å². The maximum atomic E-state index is 13.1. The zero-order valence-corrected chi connectivity index (χ0v) is 13.7. The summed E-state index contributed by atoms with van der Waals surface area (Å²) in [5.41, 5.74) is 2.81. The van der Waals surface area contributed by atoms with Gasteiger partial charge in [-0.25, -0.2) is 0 Å². The van der Waals surface area contributed by atoms with Crippen molar-refractivity contribution < 1.29 is 9.53 Å². The van der Waals surface area contributed by atoms with Crippen molar-refractivity contribution in [3.8, 4) is 0 Å². The summed E-state index contributed by atoms with van der Waals surface area (Å²) in [5.74, 6) is 0.191. The van der Waals surface area contributed by atoms with Crippen molar-refractivity contribution >= 4 is 16.7 Å². The minimum absolute atomic E-state index is 0.133. The van der Waals surface area contributed by atoms with Crippen LogP contribution in [0.3, 0.4) is 0 Å². The number of carbonyl (C=O) groups excluding carboxylic acids is 1. The van der Waals surface area contributed by atoms with Crippen molar-refractivity contribution in [2.75, 3.05) is 13.1 Å². The molecule has 4 nitrogen and oxygen atoms in total. The molecule has 2 heterocycles. The van der Waals surface area contributed by atoms with Crippen LogP contribution in [0.1, 0.15) is 36.8 Å². The van der Waals surface area contributed by atoms with Gasteiger partial charge in [-0.1, -0.05) is 18.2 Å². The third-order valence-corrected chi connectivity index (χ3v) is 4.51. The first kappa shape index (κ1) is 15.3. The smallest absolute Gasteiger partial charge is 0.182 e. The van der Waals surface area contributed by atoms with Gasteiger partial charge in [0.15, 0.2) is 5.78 Å². The summed E-state index contributed by atoms with van der Waals surface area (Å²) in [5, 5.41) is 1.02. The van der Waals surface area contributed by atoms with E-state index in [4.69, 9.17) is 4.74 Å². The van der Waals surface area contributed by atoms with E-state index in [1.165, 1.54) is 0 Å².